The maximum atomic E-state index is 6.74. The summed E-state index contributed by atoms with van der Waals surface area (Å²) in [6, 6.07) is 8.55. The molecule has 0 aromatic heterocycles. The van der Waals surface area contributed by atoms with Gasteiger partial charge in [0.15, 0.2) is 0 Å². The topological polar surface area (TPSA) is 35.9 Å². The van der Waals surface area contributed by atoms with E-state index in [0.29, 0.717) is 0 Å². The second-order valence-corrected chi connectivity index (χ2v) is 11.4. The Hall–Kier alpha value is -1.93. The molecule has 0 saturated carbocycles. The van der Waals surface area contributed by atoms with Crippen LogP contribution in [0, 0.1) is 24.2 Å². The van der Waals surface area contributed by atoms with Gasteiger partial charge in [-0.1, -0.05) is 181 Å². The minimum absolute atomic E-state index is 0.755. The highest BCUT2D eigenvalue weighted by Crippen LogP contribution is 2.16. The van der Waals surface area contributed by atoms with Crippen molar-refractivity contribution in [3.8, 4) is 0 Å². The summed E-state index contributed by atoms with van der Waals surface area (Å²) in [5.74, 6) is 1.66. The van der Waals surface area contributed by atoms with Crippen molar-refractivity contribution >= 4 is 5.71 Å². The fourth-order valence-corrected chi connectivity index (χ4v) is 2.78. The second-order valence-electron chi connectivity index (χ2n) is 11.4. The molecule has 0 fully saturated rings. The molecule has 0 amide bonds. The number of hydrogen-bond acceptors (Lipinski definition) is 2. The standard InChI is InChI=1S/C11H14.C9H14.C6H14.C4H9N.C4H10.C3H8.C2H7N.C2H6/c1-9(2)7-11-6-4-5-10(3)8-11;1-3-9-6-4-8(2)5-7-9;1-4-5-6(2)3;1-3-4(2)5;1-3-4-2;2*1-3-2;1-2/h4-6,8H,1,7H2,2-3H3;4,6-8H,3,5H2,1-2H3;6H,4-5H2,1-3H3;5H,3H2,1-2H3;3-4H2,1-2H3;3H2,1-2H3;3H,1-2H3;1-2H3. The fraction of sp³-hybridized carbons (Fsp3) is 0.683. The summed E-state index contributed by atoms with van der Waals surface area (Å²) in [6.07, 6.45) is 17.8. The van der Waals surface area contributed by atoms with Crippen molar-refractivity contribution < 1.29 is 0 Å². The Labute approximate surface area is 274 Å². The van der Waals surface area contributed by atoms with Crippen molar-refractivity contribution in [2.75, 3.05) is 14.1 Å². The molecule has 2 nitrogen and oxygen atoms in total. The molecule has 1 unspecified atom stereocenters. The third-order valence-corrected chi connectivity index (χ3v) is 5.28. The van der Waals surface area contributed by atoms with E-state index in [0.717, 1.165) is 30.4 Å². The van der Waals surface area contributed by atoms with Crippen molar-refractivity contribution in [3.05, 3.63) is 71.3 Å². The van der Waals surface area contributed by atoms with E-state index in [1.807, 2.05) is 34.9 Å². The van der Waals surface area contributed by atoms with Crippen molar-refractivity contribution in [1.82, 2.24) is 5.32 Å². The van der Waals surface area contributed by atoms with Crippen molar-refractivity contribution in [2.24, 2.45) is 11.8 Å². The molecule has 256 valence electrons. The highest BCUT2D eigenvalue weighted by Gasteiger charge is 2.00. The van der Waals surface area contributed by atoms with E-state index in [-0.39, 0.29) is 0 Å². The lowest BCUT2D eigenvalue weighted by Gasteiger charge is -2.09. The third kappa shape index (κ3) is 64.2. The predicted molar refractivity (Wildman–Crippen MR) is 207 cm³/mol. The quantitative estimate of drug-likeness (QED) is 0.236. The number of unbranched alkanes of at least 4 members (excludes halogenated alkanes) is 1. The zero-order chi connectivity index (χ0) is 35.1. The van der Waals surface area contributed by atoms with Gasteiger partial charge in [0.2, 0.25) is 0 Å². The highest BCUT2D eigenvalue weighted by molar-refractivity contribution is 5.78. The van der Waals surface area contributed by atoms with E-state index in [2.05, 4.69) is 131 Å². The zero-order valence-corrected chi connectivity index (χ0v) is 32.8. The SMILES string of the molecule is C=C(C)Cc1cccc(C)c1.CC.CCC.CCC(C)=N.CCC1=CCC(C)C=C1.CCCC.CCCC(C)C.CNC. The smallest absolute Gasteiger partial charge is 0.00554 e. The first-order valence-corrected chi connectivity index (χ1v) is 17.5. The number of aryl methyl sites for hydroxylation is 1. The van der Waals surface area contributed by atoms with E-state index in [1.54, 1.807) is 6.92 Å². The van der Waals surface area contributed by atoms with Gasteiger partial charge in [0, 0.05) is 5.71 Å². The molecular formula is C41H82N2. The molecular weight excluding hydrogens is 520 g/mol. The van der Waals surface area contributed by atoms with Gasteiger partial charge in [-0.25, -0.2) is 0 Å². The van der Waals surface area contributed by atoms with Gasteiger partial charge in [-0.15, -0.1) is 0 Å². The van der Waals surface area contributed by atoms with Gasteiger partial charge in [-0.3, -0.25) is 0 Å². The van der Waals surface area contributed by atoms with Gasteiger partial charge >= 0.3 is 0 Å². The van der Waals surface area contributed by atoms with Crippen LogP contribution >= 0.6 is 0 Å². The lowest BCUT2D eigenvalue weighted by atomic mass is 9.97. The predicted octanol–water partition coefficient (Wildman–Crippen LogP) is 14.0. The summed E-state index contributed by atoms with van der Waals surface area (Å²) < 4.78 is 0. The van der Waals surface area contributed by atoms with Crippen LogP contribution in [0.2, 0.25) is 0 Å². The van der Waals surface area contributed by atoms with Crippen LogP contribution in [0.4, 0.5) is 0 Å². The number of benzene rings is 1. The van der Waals surface area contributed by atoms with Gasteiger partial charge in [-0.05, 0) is 77.9 Å². The van der Waals surface area contributed by atoms with Crippen molar-refractivity contribution in [3.63, 3.8) is 0 Å². The zero-order valence-electron chi connectivity index (χ0n) is 32.8. The lowest BCUT2D eigenvalue weighted by molar-refractivity contribution is 0.576. The second kappa shape index (κ2) is 47.0. The minimum Gasteiger partial charge on any atom is -0.323 e. The van der Waals surface area contributed by atoms with E-state index < -0.39 is 0 Å². The minimum atomic E-state index is 0.755. The van der Waals surface area contributed by atoms with Crippen LogP contribution in [0.3, 0.4) is 0 Å². The average molecular weight is 603 g/mol. The van der Waals surface area contributed by atoms with Crippen molar-refractivity contribution in [2.45, 2.75) is 162 Å². The van der Waals surface area contributed by atoms with Crippen LogP contribution in [-0.4, -0.2) is 19.8 Å². The van der Waals surface area contributed by atoms with Gasteiger partial charge in [-0.2, -0.15) is 0 Å². The van der Waals surface area contributed by atoms with Crippen molar-refractivity contribution in [1.29, 1.82) is 5.41 Å². The molecule has 43 heavy (non-hydrogen) atoms. The normalized spacial score (nSPS) is 11.9. The summed E-state index contributed by atoms with van der Waals surface area (Å²) in [5.41, 5.74) is 6.15. The molecule has 2 heteroatoms. The number of rotatable bonds is 7. The van der Waals surface area contributed by atoms with Gasteiger partial charge < -0.3 is 10.7 Å². The van der Waals surface area contributed by atoms with Gasteiger partial charge in [0.1, 0.15) is 0 Å². The first-order chi connectivity index (χ1) is 20.3. The maximum absolute atomic E-state index is 6.74. The number of nitrogens with one attached hydrogen (secondary N) is 2. The van der Waals surface area contributed by atoms with Crippen LogP contribution in [0.1, 0.15) is 159 Å². The molecule has 1 aliphatic rings. The molecule has 1 atom stereocenters. The molecule has 0 spiro atoms. The summed E-state index contributed by atoms with van der Waals surface area (Å²) in [7, 11) is 3.75. The largest absolute Gasteiger partial charge is 0.323 e. The molecule has 1 aromatic rings. The number of allylic oxidation sites excluding steroid dienone is 5. The summed E-state index contributed by atoms with van der Waals surface area (Å²) in [5, 5.41) is 9.49. The summed E-state index contributed by atoms with van der Waals surface area (Å²) in [4.78, 5) is 0. The monoisotopic (exact) mass is 603 g/mol. The van der Waals surface area contributed by atoms with Crippen LogP contribution in [-0.2, 0) is 6.42 Å². The Morgan fingerprint density at radius 2 is 1.42 bits per heavy atom. The summed E-state index contributed by atoms with van der Waals surface area (Å²) in [6.45, 7) is 35.6. The molecule has 0 saturated heterocycles. The van der Waals surface area contributed by atoms with Crippen LogP contribution < -0.4 is 5.32 Å². The Morgan fingerprint density at radius 3 is 1.65 bits per heavy atom. The Kier molecular flexibility index (Phi) is 58.6. The molecule has 0 radical (unpaired) electrons. The highest BCUT2D eigenvalue weighted by atomic mass is 14.7. The Balaban J connectivity index is -0.0000000971. The van der Waals surface area contributed by atoms with E-state index in [9.17, 15) is 0 Å². The maximum Gasteiger partial charge on any atom is 0.00554 e. The van der Waals surface area contributed by atoms with Crippen LogP contribution in [0.25, 0.3) is 0 Å². The average Bonchev–Trinajstić information content (AvgIpc) is 2.96. The Bertz CT molecular complexity index is 721. The molecule has 0 bridgehead atoms. The number of hydrogen-bond donors (Lipinski definition) is 2. The molecule has 1 aliphatic carbocycles. The van der Waals surface area contributed by atoms with E-state index in [1.165, 1.54) is 67.2 Å². The Morgan fingerprint density at radius 1 is 0.953 bits per heavy atom. The van der Waals surface area contributed by atoms with Gasteiger partial charge in [0.05, 0.1) is 0 Å². The van der Waals surface area contributed by atoms with Gasteiger partial charge in [0.25, 0.3) is 0 Å². The first kappa shape index (κ1) is 53.6. The fourth-order valence-electron chi connectivity index (χ4n) is 2.78. The molecule has 0 heterocycles. The molecule has 0 aliphatic heterocycles. The van der Waals surface area contributed by atoms with E-state index >= 15 is 0 Å². The first-order valence-electron chi connectivity index (χ1n) is 17.5. The molecule has 1 aromatic carbocycles. The summed E-state index contributed by atoms with van der Waals surface area (Å²) >= 11 is 0. The third-order valence-electron chi connectivity index (χ3n) is 5.28. The molecule has 2 N–H and O–H groups in total. The molecule has 2 rings (SSSR count). The lowest BCUT2D eigenvalue weighted by Crippen LogP contribution is -1.92. The van der Waals surface area contributed by atoms with Crippen LogP contribution in [0.5, 0.6) is 0 Å². The van der Waals surface area contributed by atoms with Crippen LogP contribution in [0.15, 0.2) is 60.2 Å². The van der Waals surface area contributed by atoms with E-state index in [4.69, 9.17) is 5.41 Å².